The molecule has 1 aromatic carbocycles. The molecule has 0 atom stereocenters. The van der Waals surface area contributed by atoms with E-state index in [1.165, 1.54) is 30.9 Å². The highest BCUT2D eigenvalue weighted by molar-refractivity contribution is 5.92. The number of urea groups is 1. The number of anilines is 2. The number of pyridine rings is 1. The van der Waals surface area contributed by atoms with E-state index in [4.69, 9.17) is 10.7 Å². The van der Waals surface area contributed by atoms with Gasteiger partial charge in [-0.25, -0.2) is 4.79 Å². The first-order chi connectivity index (χ1) is 16.5. The molecule has 3 aliphatic rings. The van der Waals surface area contributed by atoms with Gasteiger partial charge in [-0.1, -0.05) is 25.0 Å². The maximum Gasteiger partial charge on any atom is 0.317 e. The van der Waals surface area contributed by atoms with Crippen LogP contribution in [0.3, 0.4) is 0 Å². The van der Waals surface area contributed by atoms with Gasteiger partial charge in [-0.05, 0) is 54.7 Å². The molecule has 1 aromatic heterocycles. The van der Waals surface area contributed by atoms with Gasteiger partial charge >= 0.3 is 6.03 Å². The molecule has 1 fully saturated rings. The van der Waals surface area contributed by atoms with Gasteiger partial charge < -0.3 is 21.3 Å². The van der Waals surface area contributed by atoms with E-state index in [1.54, 1.807) is 12.1 Å². The molecule has 5 rings (SSSR count). The Labute approximate surface area is 200 Å². The first kappa shape index (κ1) is 22.2. The molecule has 1 saturated carbocycles. The summed E-state index contributed by atoms with van der Waals surface area (Å²) in [5.74, 6) is -0.122. The van der Waals surface area contributed by atoms with E-state index in [9.17, 15) is 9.59 Å². The molecule has 0 radical (unpaired) electrons. The molecule has 34 heavy (non-hydrogen) atoms. The van der Waals surface area contributed by atoms with Crippen molar-refractivity contribution in [2.24, 2.45) is 0 Å². The number of carbonyl (C=O) groups is 2. The van der Waals surface area contributed by atoms with Crippen molar-refractivity contribution in [2.45, 2.75) is 51.5 Å². The number of nitrogens with two attached hydrogens (primary N) is 1. The summed E-state index contributed by atoms with van der Waals surface area (Å²) in [4.78, 5) is 30.7. The first-order valence-corrected chi connectivity index (χ1v) is 12.1. The van der Waals surface area contributed by atoms with Crippen molar-refractivity contribution >= 4 is 28.9 Å². The topological polar surface area (TPSA) is 100 Å². The summed E-state index contributed by atoms with van der Waals surface area (Å²) in [6.45, 7) is 2.83. The Balaban J connectivity index is 1.34. The average Bonchev–Trinajstić information content (AvgIpc) is 3.49. The molecule has 3 amide bonds. The fraction of sp³-hybridized carbons (Fsp3) is 0.370. The van der Waals surface area contributed by atoms with Crippen LogP contribution in [-0.2, 0) is 11.2 Å². The highest BCUT2D eigenvalue weighted by Gasteiger charge is 2.25. The fourth-order valence-corrected chi connectivity index (χ4v) is 5.17. The summed E-state index contributed by atoms with van der Waals surface area (Å²) < 4.78 is 0. The second-order valence-electron chi connectivity index (χ2n) is 9.38. The molecule has 2 heterocycles. The zero-order valence-electron chi connectivity index (χ0n) is 19.6. The maximum absolute atomic E-state index is 12.6. The van der Waals surface area contributed by atoms with E-state index in [2.05, 4.69) is 28.9 Å². The minimum atomic E-state index is -0.122. The van der Waals surface area contributed by atoms with Crippen molar-refractivity contribution in [3.05, 3.63) is 59.4 Å². The predicted molar refractivity (Wildman–Crippen MR) is 135 cm³/mol. The molecule has 7 heteroatoms. The molecule has 1 aliphatic heterocycles. The second-order valence-corrected chi connectivity index (χ2v) is 9.38. The number of benzene rings is 1. The normalized spacial score (nSPS) is 17.7. The van der Waals surface area contributed by atoms with Crippen molar-refractivity contribution in [1.29, 1.82) is 0 Å². The zero-order chi connectivity index (χ0) is 23.7. The van der Waals surface area contributed by atoms with Crippen molar-refractivity contribution < 1.29 is 9.59 Å². The third-order valence-corrected chi connectivity index (χ3v) is 6.97. The highest BCUT2D eigenvalue weighted by Crippen LogP contribution is 2.38. The van der Waals surface area contributed by atoms with Gasteiger partial charge in [-0.3, -0.25) is 9.78 Å². The molecular weight excluding hydrogens is 426 g/mol. The van der Waals surface area contributed by atoms with Crippen LogP contribution in [0.2, 0.25) is 0 Å². The maximum atomic E-state index is 12.6. The van der Waals surface area contributed by atoms with Crippen LogP contribution in [0, 0.1) is 0 Å². The van der Waals surface area contributed by atoms with E-state index < -0.39 is 0 Å². The molecule has 7 nitrogen and oxygen atoms in total. The van der Waals surface area contributed by atoms with Gasteiger partial charge in [-0.15, -0.1) is 0 Å². The monoisotopic (exact) mass is 457 g/mol. The van der Waals surface area contributed by atoms with Crippen LogP contribution in [0.25, 0.3) is 16.7 Å². The van der Waals surface area contributed by atoms with E-state index in [0.29, 0.717) is 24.0 Å². The summed E-state index contributed by atoms with van der Waals surface area (Å²) in [6.07, 6.45) is 12.5. The quantitative estimate of drug-likeness (QED) is 0.588. The Bertz CT molecular complexity index is 1190. The van der Waals surface area contributed by atoms with Crippen molar-refractivity contribution in [3.8, 4) is 11.1 Å². The first-order valence-electron chi connectivity index (χ1n) is 12.1. The number of nitrogens with one attached hydrogen (secondary N) is 2. The Morgan fingerprint density at radius 1 is 1.12 bits per heavy atom. The highest BCUT2D eigenvalue weighted by atomic mass is 16.2. The lowest BCUT2D eigenvalue weighted by Gasteiger charge is -2.28. The minimum absolute atomic E-state index is 0.0569. The Kier molecular flexibility index (Phi) is 6.09. The van der Waals surface area contributed by atoms with E-state index in [1.807, 2.05) is 17.2 Å². The molecule has 176 valence electrons. The Morgan fingerprint density at radius 2 is 1.94 bits per heavy atom. The van der Waals surface area contributed by atoms with E-state index in [0.717, 1.165) is 54.6 Å². The Morgan fingerprint density at radius 3 is 2.68 bits per heavy atom. The number of nitrogens with zero attached hydrogens (tertiary/aromatic N) is 2. The molecule has 4 N–H and O–H groups in total. The number of carbonyl (C=O) groups excluding carboxylic acids is 2. The van der Waals surface area contributed by atoms with Gasteiger partial charge in [0, 0.05) is 66.7 Å². The van der Waals surface area contributed by atoms with Gasteiger partial charge in [0.1, 0.15) is 0 Å². The van der Waals surface area contributed by atoms with Gasteiger partial charge in [0.05, 0.1) is 5.69 Å². The molecular formula is C27H31N5O2. The molecule has 0 bridgehead atoms. The molecule has 0 unspecified atom stereocenters. The summed E-state index contributed by atoms with van der Waals surface area (Å²) in [7, 11) is 0. The van der Waals surface area contributed by atoms with Crippen molar-refractivity contribution in [2.75, 3.05) is 24.1 Å². The second kappa shape index (κ2) is 9.33. The Hall–Kier alpha value is -3.61. The van der Waals surface area contributed by atoms with Gasteiger partial charge in [0.25, 0.3) is 0 Å². The van der Waals surface area contributed by atoms with E-state index in [-0.39, 0.29) is 11.9 Å². The number of hydrogen-bond acceptors (Lipinski definition) is 4. The number of hydrogen-bond donors (Lipinski definition) is 3. The van der Waals surface area contributed by atoms with E-state index >= 15 is 0 Å². The standard InChI is InChI=1S/C27H31N5O2/c1-17(33)30-21-6-8-25(28)23(15-21)19-14-24-22(7-9-26(24)29-16-19)18-10-12-32(13-11-18)27(34)31-20-4-2-3-5-20/h6-8,10,14-16,20H,2-5,9,11-13,28H2,1H3,(H,30,33)(H,31,34). The van der Waals surface area contributed by atoms with Crippen LogP contribution >= 0.6 is 0 Å². The third-order valence-electron chi connectivity index (χ3n) is 6.97. The lowest BCUT2D eigenvalue weighted by Crippen LogP contribution is -2.45. The lowest BCUT2D eigenvalue weighted by molar-refractivity contribution is -0.114. The molecule has 2 aliphatic carbocycles. The SMILES string of the molecule is CC(=O)Nc1ccc(N)c(-c2cnc3c(c2)C(C2=CCN(C(=O)NC4CCCC4)CC2)=CC3)c1. The van der Waals surface area contributed by atoms with Crippen LogP contribution in [0.5, 0.6) is 0 Å². The number of rotatable bonds is 4. The molecule has 2 aromatic rings. The number of fused-ring (bicyclic) bond motifs is 1. The van der Waals surface area contributed by atoms with Gasteiger partial charge in [0.15, 0.2) is 0 Å². The van der Waals surface area contributed by atoms with Crippen molar-refractivity contribution in [3.63, 3.8) is 0 Å². The minimum Gasteiger partial charge on any atom is -0.398 e. The average molecular weight is 458 g/mol. The number of allylic oxidation sites excluding steroid dienone is 2. The van der Waals surface area contributed by atoms with Gasteiger partial charge in [-0.2, -0.15) is 0 Å². The fourth-order valence-electron chi connectivity index (χ4n) is 5.17. The smallest absolute Gasteiger partial charge is 0.317 e. The summed E-state index contributed by atoms with van der Waals surface area (Å²) in [6, 6.07) is 8.03. The summed E-state index contributed by atoms with van der Waals surface area (Å²) in [5.41, 5.74) is 14.0. The molecule has 0 spiro atoms. The van der Waals surface area contributed by atoms with Crippen LogP contribution in [0.1, 0.15) is 50.3 Å². The molecule has 0 saturated heterocycles. The summed E-state index contributed by atoms with van der Waals surface area (Å²) in [5, 5.41) is 6.01. The van der Waals surface area contributed by atoms with Crippen LogP contribution in [-0.4, -0.2) is 41.0 Å². The number of nitrogen functional groups attached to an aromatic ring is 1. The van der Waals surface area contributed by atoms with Crippen LogP contribution in [0.15, 0.2) is 48.2 Å². The van der Waals surface area contributed by atoms with Crippen LogP contribution < -0.4 is 16.4 Å². The number of amides is 3. The largest absolute Gasteiger partial charge is 0.398 e. The zero-order valence-corrected chi connectivity index (χ0v) is 19.6. The number of aromatic nitrogens is 1. The van der Waals surface area contributed by atoms with Gasteiger partial charge in [0.2, 0.25) is 5.91 Å². The summed E-state index contributed by atoms with van der Waals surface area (Å²) >= 11 is 0. The van der Waals surface area contributed by atoms with Crippen LogP contribution in [0.4, 0.5) is 16.2 Å². The van der Waals surface area contributed by atoms with Crippen molar-refractivity contribution in [1.82, 2.24) is 15.2 Å². The predicted octanol–water partition coefficient (Wildman–Crippen LogP) is 4.51. The lowest BCUT2D eigenvalue weighted by atomic mass is 9.93. The third kappa shape index (κ3) is 4.55.